The molecule has 2 rings (SSSR count). The largest absolute Gasteiger partial charge is 0.386 e. The molecule has 0 spiro atoms. The van der Waals surface area contributed by atoms with Crippen LogP contribution in [-0.4, -0.2) is 19.0 Å². The maximum absolute atomic E-state index is 5.71. The molecule has 1 aromatic rings. The lowest BCUT2D eigenvalue weighted by Gasteiger charge is -2.30. The molecule has 0 saturated carbocycles. The number of aryl methyl sites for hydroxylation is 1. The summed E-state index contributed by atoms with van der Waals surface area (Å²) in [5.41, 5.74) is 7.77. The summed E-state index contributed by atoms with van der Waals surface area (Å²) in [7, 11) is 0. The van der Waals surface area contributed by atoms with E-state index in [-0.39, 0.29) is 5.54 Å². The first-order chi connectivity index (χ1) is 7.10. The molecule has 1 heterocycles. The molecule has 0 radical (unpaired) electrons. The third-order valence-corrected chi connectivity index (χ3v) is 2.66. The van der Waals surface area contributed by atoms with Gasteiger partial charge in [0, 0.05) is 0 Å². The van der Waals surface area contributed by atoms with Crippen LogP contribution >= 0.6 is 0 Å². The number of nitrogens with two attached hydrogens (primary N) is 1. The summed E-state index contributed by atoms with van der Waals surface area (Å²) in [5, 5.41) is 0. The lowest BCUT2D eigenvalue weighted by atomic mass is 9.92. The first-order valence-corrected chi connectivity index (χ1v) is 5.09. The van der Waals surface area contributed by atoms with Crippen molar-refractivity contribution in [3.8, 4) is 0 Å². The second kappa shape index (κ2) is 3.66. The zero-order valence-corrected chi connectivity index (χ0v) is 9.16. The summed E-state index contributed by atoms with van der Waals surface area (Å²) in [6, 6.07) is 8.31. The summed E-state index contributed by atoms with van der Waals surface area (Å²) in [6.45, 7) is 5.16. The molecule has 1 atom stereocenters. The van der Waals surface area contributed by atoms with Gasteiger partial charge in [0.15, 0.2) is 0 Å². The van der Waals surface area contributed by atoms with Crippen molar-refractivity contribution in [1.29, 1.82) is 0 Å². The van der Waals surface area contributed by atoms with E-state index in [1.54, 1.807) is 0 Å². The van der Waals surface area contributed by atoms with Crippen molar-refractivity contribution in [3.63, 3.8) is 0 Å². The molecule has 1 unspecified atom stereocenters. The van der Waals surface area contributed by atoms with E-state index in [1.807, 2.05) is 13.0 Å². The molecular weight excluding hydrogens is 188 g/mol. The number of hydrogen-bond donors (Lipinski definition) is 1. The molecule has 0 saturated heterocycles. The molecule has 80 valence electrons. The quantitative estimate of drug-likeness (QED) is 0.755. The fraction of sp³-hybridized carbons (Fsp3) is 0.417. The van der Waals surface area contributed by atoms with Gasteiger partial charge in [-0.2, -0.15) is 0 Å². The Bertz CT molecular complexity index is 400. The molecule has 0 aromatic heterocycles. The summed E-state index contributed by atoms with van der Waals surface area (Å²) in [6.07, 6.45) is 0. The number of benzene rings is 1. The lowest BCUT2D eigenvalue weighted by molar-refractivity contribution is 0.106. The Morgan fingerprint density at radius 2 is 2.27 bits per heavy atom. The Morgan fingerprint density at radius 1 is 1.47 bits per heavy atom. The molecule has 0 amide bonds. The number of nitrogens with zero attached hydrogens (tertiary/aromatic N) is 1. The van der Waals surface area contributed by atoms with E-state index in [1.165, 1.54) is 5.56 Å². The van der Waals surface area contributed by atoms with Crippen molar-refractivity contribution in [2.75, 3.05) is 13.2 Å². The highest BCUT2D eigenvalue weighted by Gasteiger charge is 2.29. The van der Waals surface area contributed by atoms with Gasteiger partial charge in [0.1, 0.15) is 18.0 Å². The van der Waals surface area contributed by atoms with Crippen molar-refractivity contribution in [1.82, 2.24) is 0 Å². The molecule has 1 aromatic carbocycles. The van der Waals surface area contributed by atoms with E-state index in [9.17, 15) is 0 Å². The minimum atomic E-state index is -0.325. The highest BCUT2D eigenvalue weighted by atomic mass is 16.5. The van der Waals surface area contributed by atoms with E-state index >= 15 is 0 Å². The zero-order chi connectivity index (χ0) is 10.9. The van der Waals surface area contributed by atoms with Gasteiger partial charge < -0.3 is 10.5 Å². The predicted molar refractivity (Wildman–Crippen MR) is 61.0 cm³/mol. The average molecular weight is 204 g/mol. The minimum Gasteiger partial charge on any atom is -0.386 e. The van der Waals surface area contributed by atoms with Gasteiger partial charge >= 0.3 is 0 Å². The van der Waals surface area contributed by atoms with Crippen LogP contribution in [0.2, 0.25) is 0 Å². The normalized spacial score (nSPS) is 26.1. The maximum Gasteiger partial charge on any atom is 0.121 e. The highest BCUT2D eigenvalue weighted by molar-refractivity contribution is 5.82. The topological polar surface area (TPSA) is 47.6 Å². The van der Waals surface area contributed by atoms with Gasteiger partial charge in [-0.25, -0.2) is 0 Å². The fourth-order valence-corrected chi connectivity index (χ4v) is 1.86. The molecule has 0 bridgehead atoms. The van der Waals surface area contributed by atoms with Crippen molar-refractivity contribution in [2.24, 2.45) is 10.7 Å². The Labute approximate surface area is 90.0 Å². The number of hydrogen-bond acceptors (Lipinski definition) is 3. The van der Waals surface area contributed by atoms with Crippen LogP contribution in [0.1, 0.15) is 18.1 Å². The van der Waals surface area contributed by atoms with Crippen LogP contribution < -0.4 is 5.73 Å². The van der Waals surface area contributed by atoms with E-state index in [0.717, 1.165) is 5.56 Å². The van der Waals surface area contributed by atoms with Gasteiger partial charge in [-0.15, -0.1) is 0 Å². The Kier molecular flexibility index (Phi) is 2.49. The third-order valence-electron chi connectivity index (χ3n) is 2.66. The first kappa shape index (κ1) is 10.2. The van der Waals surface area contributed by atoms with E-state index < -0.39 is 0 Å². The van der Waals surface area contributed by atoms with Gasteiger partial charge in [0.25, 0.3) is 0 Å². The van der Waals surface area contributed by atoms with Crippen molar-refractivity contribution >= 4 is 5.84 Å². The number of ether oxygens (including phenoxy) is 1. The second-order valence-electron chi connectivity index (χ2n) is 4.24. The average Bonchev–Trinajstić information content (AvgIpc) is 2.17. The summed E-state index contributed by atoms with van der Waals surface area (Å²) in [5.74, 6) is 0.574. The maximum atomic E-state index is 5.71. The molecule has 0 aliphatic carbocycles. The molecule has 3 heteroatoms. The van der Waals surface area contributed by atoms with E-state index in [4.69, 9.17) is 10.5 Å². The van der Waals surface area contributed by atoms with Crippen molar-refractivity contribution < 1.29 is 4.74 Å². The van der Waals surface area contributed by atoms with E-state index in [2.05, 4.69) is 30.1 Å². The Balaban J connectivity index is 2.41. The van der Waals surface area contributed by atoms with Crippen LogP contribution in [0.25, 0.3) is 0 Å². The van der Waals surface area contributed by atoms with Gasteiger partial charge in [-0.3, -0.25) is 4.99 Å². The third kappa shape index (κ3) is 2.02. The minimum absolute atomic E-state index is 0.325. The number of amidine groups is 1. The Morgan fingerprint density at radius 3 is 2.93 bits per heavy atom. The van der Waals surface area contributed by atoms with Gasteiger partial charge in [-0.05, 0) is 19.4 Å². The van der Waals surface area contributed by atoms with Gasteiger partial charge in [0.05, 0.1) is 6.61 Å². The first-order valence-electron chi connectivity index (χ1n) is 5.09. The molecule has 1 aliphatic rings. The molecule has 2 N–H and O–H groups in total. The van der Waals surface area contributed by atoms with Crippen molar-refractivity contribution in [2.45, 2.75) is 19.4 Å². The molecular formula is C12H16N2O. The van der Waals surface area contributed by atoms with Crippen LogP contribution in [0, 0.1) is 6.92 Å². The van der Waals surface area contributed by atoms with Crippen LogP contribution in [0.15, 0.2) is 29.3 Å². The van der Waals surface area contributed by atoms with Crippen LogP contribution in [0.5, 0.6) is 0 Å². The summed E-state index contributed by atoms with van der Waals surface area (Å²) in [4.78, 5) is 4.49. The second-order valence-corrected chi connectivity index (χ2v) is 4.24. The number of rotatable bonds is 1. The number of aliphatic imine (C=N–C) groups is 1. The predicted octanol–water partition coefficient (Wildman–Crippen LogP) is 1.60. The smallest absolute Gasteiger partial charge is 0.121 e. The summed E-state index contributed by atoms with van der Waals surface area (Å²) >= 11 is 0. The summed E-state index contributed by atoms with van der Waals surface area (Å²) < 4.78 is 5.44. The molecule has 3 nitrogen and oxygen atoms in total. The van der Waals surface area contributed by atoms with Gasteiger partial charge in [-0.1, -0.05) is 29.8 Å². The molecule has 15 heavy (non-hydrogen) atoms. The zero-order valence-electron chi connectivity index (χ0n) is 9.16. The monoisotopic (exact) mass is 204 g/mol. The molecule has 1 aliphatic heterocycles. The lowest BCUT2D eigenvalue weighted by Crippen LogP contribution is -2.37. The Hall–Kier alpha value is -1.35. The SMILES string of the molecule is Cc1cccc(C2(C)COCC(N)=N2)c1. The van der Waals surface area contributed by atoms with Gasteiger partial charge in [0.2, 0.25) is 0 Å². The van der Waals surface area contributed by atoms with Crippen LogP contribution in [0.3, 0.4) is 0 Å². The van der Waals surface area contributed by atoms with Crippen LogP contribution in [0.4, 0.5) is 0 Å². The molecule has 0 fully saturated rings. The van der Waals surface area contributed by atoms with Crippen molar-refractivity contribution in [3.05, 3.63) is 35.4 Å². The highest BCUT2D eigenvalue weighted by Crippen LogP contribution is 2.28. The standard InChI is InChI=1S/C12H16N2O/c1-9-4-3-5-10(6-9)12(2)8-15-7-11(13)14-12/h3-6H,7-8H2,1-2H3,(H2,13,14). The van der Waals surface area contributed by atoms with E-state index in [0.29, 0.717) is 19.0 Å². The van der Waals surface area contributed by atoms with Crippen LogP contribution in [-0.2, 0) is 10.3 Å². The fourth-order valence-electron chi connectivity index (χ4n) is 1.86.